The third-order valence-electron chi connectivity index (χ3n) is 5.27. The van der Waals surface area contributed by atoms with Crippen LogP contribution in [0.3, 0.4) is 0 Å². The normalized spacial score (nSPS) is 11.0. The van der Waals surface area contributed by atoms with Crippen LogP contribution in [0.2, 0.25) is 0 Å². The van der Waals surface area contributed by atoms with Gasteiger partial charge in [-0.2, -0.15) is 0 Å². The molecule has 0 aliphatic carbocycles. The summed E-state index contributed by atoms with van der Waals surface area (Å²) in [5, 5.41) is 14.0. The van der Waals surface area contributed by atoms with Gasteiger partial charge in [-0.05, 0) is 42.5 Å². The maximum atomic E-state index is 12.8. The van der Waals surface area contributed by atoms with Crippen molar-refractivity contribution in [1.82, 2.24) is 4.98 Å². The molecule has 0 saturated heterocycles. The summed E-state index contributed by atoms with van der Waals surface area (Å²) in [5.74, 6) is -2.14. The number of benzene rings is 3. The number of amides is 1. The van der Waals surface area contributed by atoms with Crippen molar-refractivity contribution in [2.75, 3.05) is 16.7 Å². The zero-order valence-corrected chi connectivity index (χ0v) is 20.4. The summed E-state index contributed by atoms with van der Waals surface area (Å²) in [7, 11) is -2.39. The quantitative estimate of drug-likeness (QED) is 0.333. The summed E-state index contributed by atoms with van der Waals surface area (Å²) < 4.78 is 26.6. The number of nitrogens with zero attached hydrogens (tertiary/aromatic N) is 2. The molecule has 0 aliphatic rings. The number of sulfonamides is 1. The topological polar surface area (TPSA) is 134 Å². The van der Waals surface area contributed by atoms with Gasteiger partial charge in [0.2, 0.25) is 0 Å². The summed E-state index contributed by atoms with van der Waals surface area (Å²) in [6.45, 7) is 0. The van der Waals surface area contributed by atoms with E-state index in [1.165, 1.54) is 91.3 Å². The molecule has 0 unspecified atom stereocenters. The van der Waals surface area contributed by atoms with E-state index in [0.717, 1.165) is 4.31 Å². The summed E-state index contributed by atoms with van der Waals surface area (Å²) >= 11 is 1.20. The molecule has 11 heteroatoms. The van der Waals surface area contributed by atoms with Gasteiger partial charge in [0.25, 0.3) is 15.9 Å². The van der Waals surface area contributed by atoms with Crippen LogP contribution in [0.4, 0.5) is 10.8 Å². The van der Waals surface area contributed by atoms with Gasteiger partial charge in [-0.25, -0.2) is 22.5 Å². The number of carboxylic acid groups (broad SMARTS) is 1. The van der Waals surface area contributed by atoms with E-state index in [1.54, 1.807) is 11.4 Å². The maximum absolute atomic E-state index is 12.8. The first-order chi connectivity index (χ1) is 17.2. The van der Waals surface area contributed by atoms with Gasteiger partial charge in [-0.3, -0.25) is 9.59 Å². The molecule has 0 aliphatic heterocycles. The zero-order chi connectivity index (χ0) is 25.9. The van der Waals surface area contributed by atoms with Crippen molar-refractivity contribution in [2.24, 2.45) is 0 Å². The Morgan fingerprint density at radius 2 is 1.50 bits per heavy atom. The zero-order valence-electron chi connectivity index (χ0n) is 18.8. The molecule has 0 spiro atoms. The largest absolute Gasteiger partial charge is 0.478 e. The highest BCUT2D eigenvalue weighted by Gasteiger charge is 2.23. The van der Waals surface area contributed by atoms with E-state index in [4.69, 9.17) is 0 Å². The SMILES string of the molecule is CN(c1nccs1)S(=O)(=O)c1ccc(NC(=O)c2ccc(C(=O)c3ccccc3C(=O)O)cc2)cc1. The van der Waals surface area contributed by atoms with Gasteiger partial charge in [0.15, 0.2) is 10.9 Å². The predicted molar refractivity (Wildman–Crippen MR) is 135 cm³/mol. The van der Waals surface area contributed by atoms with Crippen molar-refractivity contribution in [1.29, 1.82) is 0 Å². The molecule has 0 bridgehead atoms. The smallest absolute Gasteiger partial charge is 0.336 e. The van der Waals surface area contributed by atoms with E-state index in [9.17, 15) is 27.9 Å². The fourth-order valence-electron chi connectivity index (χ4n) is 3.34. The number of aromatic nitrogens is 1. The molecule has 1 heterocycles. The molecule has 1 amide bonds. The molecule has 182 valence electrons. The van der Waals surface area contributed by atoms with Gasteiger partial charge in [0.05, 0.1) is 10.5 Å². The second kappa shape index (κ2) is 10.1. The number of ketones is 1. The summed E-state index contributed by atoms with van der Waals surface area (Å²) in [5.41, 5.74) is 0.828. The first kappa shape index (κ1) is 24.8. The Morgan fingerprint density at radius 1 is 0.889 bits per heavy atom. The minimum atomic E-state index is -3.80. The number of anilines is 2. The van der Waals surface area contributed by atoms with Gasteiger partial charge in [0.1, 0.15) is 0 Å². The van der Waals surface area contributed by atoms with Crippen molar-refractivity contribution in [3.63, 3.8) is 0 Å². The Morgan fingerprint density at radius 3 is 2.08 bits per heavy atom. The number of nitrogens with one attached hydrogen (secondary N) is 1. The Balaban J connectivity index is 1.46. The summed E-state index contributed by atoms with van der Waals surface area (Å²) in [6.07, 6.45) is 1.52. The molecular weight excluding hydrogens is 502 g/mol. The molecule has 3 aromatic carbocycles. The van der Waals surface area contributed by atoms with Gasteiger partial charge in [-0.15, -0.1) is 11.3 Å². The predicted octanol–water partition coefficient (Wildman–Crippen LogP) is 4.15. The van der Waals surface area contributed by atoms with Crippen molar-refractivity contribution >= 4 is 49.8 Å². The van der Waals surface area contributed by atoms with Crippen LogP contribution in [0.1, 0.15) is 36.6 Å². The van der Waals surface area contributed by atoms with E-state index < -0.39 is 27.7 Å². The Labute approximate surface area is 210 Å². The minimum absolute atomic E-state index is 0.0442. The molecule has 2 N–H and O–H groups in total. The Hall–Kier alpha value is -4.35. The molecule has 4 rings (SSSR count). The van der Waals surface area contributed by atoms with Crippen molar-refractivity contribution in [3.8, 4) is 0 Å². The number of carboxylic acids is 1. The van der Waals surface area contributed by atoms with Crippen LogP contribution >= 0.6 is 11.3 Å². The minimum Gasteiger partial charge on any atom is -0.478 e. The van der Waals surface area contributed by atoms with Crippen LogP contribution in [0.15, 0.2) is 89.3 Å². The molecular formula is C25H19N3O6S2. The average molecular weight is 522 g/mol. The molecule has 0 radical (unpaired) electrons. The van der Waals surface area contributed by atoms with Crippen molar-refractivity contribution in [2.45, 2.75) is 4.90 Å². The van der Waals surface area contributed by atoms with Crippen molar-refractivity contribution < 1.29 is 27.9 Å². The summed E-state index contributed by atoms with van der Waals surface area (Å²) in [6, 6.07) is 17.4. The maximum Gasteiger partial charge on any atom is 0.336 e. The monoisotopic (exact) mass is 521 g/mol. The number of carbonyl (C=O) groups is 3. The lowest BCUT2D eigenvalue weighted by Gasteiger charge is -2.16. The molecule has 9 nitrogen and oxygen atoms in total. The standard InChI is InChI=1S/C25H19N3O6S2/c1-28(25-26-14-15-35-25)36(33,34)19-12-10-18(11-13-19)27-23(30)17-8-6-16(7-9-17)22(29)20-4-2-3-5-21(20)24(31)32/h2-15H,1H3,(H,27,30)(H,31,32). The third kappa shape index (κ3) is 5.02. The van der Waals surface area contributed by atoms with E-state index in [-0.39, 0.29) is 27.1 Å². The van der Waals surface area contributed by atoms with Crippen LogP contribution in [-0.2, 0) is 10.0 Å². The Kier molecular flexibility index (Phi) is 6.95. The van der Waals surface area contributed by atoms with Gasteiger partial charge in [0, 0.05) is 41.0 Å². The highest BCUT2D eigenvalue weighted by atomic mass is 32.2. The number of hydrogen-bond donors (Lipinski definition) is 2. The van der Waals surface area contributed by atoms with Crippen LogP contribution in [-0.4, -0.2) is 43.2 Å². The lowest BCUT2D eigenvalue weighted by atomic mass is 9.97. The second-order valence-corrected chi connectivity index (χ2v) is 10.4. The van der Waals surface area contributed by atoms with Crippen LogP contribution in [0.5, 0.6) is 0 Å². The highest BCUT2D eigenvalue weighted by Crippen LogP contribution is 2.25. The molecule has 4 aromatic rings. The number of rotatable bonds is 8. The van der Waals surface area contributed by atoms with Crippen LogP contribution in [0.25, 0.3) is 0 Å². The number of hydrogen-bond acceptors (Lipinski definition) is 7. The molecule has 0 atom stereocenters. The Bertz CT molecular complexity index is 1530. The van der Waals surface area contributed by atoms with Gasteiger partial charge >= 0.3 is 5.97 Å². The fourth-order valence-corrected chi connectivity index (χ4v) is 5.33. The highest BCUT2D eigenvalue weighted by molar-refractivity contribution is 7.93. The van der Waals surface area contributed by atoms with E-state index in [2.05, 4.69) is 10.3 Å². The lowest BCUT2D eigenvalue weighted by Crippen LogP contribution is -2.26. The van der Waals surface area contributed by atoms with E-state index in [0.29, 0.717) is 10.8 Å². The average Bonchev–Trinajstić information content (AvgIpc) is 3.43. The second-order valence-electron chi connectivity index (χ2n) is 7.52. The number of carbonyl (C=O) groups excluding carboxylic acids is 2. The van der Waals surface area contributed by atoms with Crippen LogP contribution in [0, 0.1) is 0 Å². The molecule has 0 fully saturated rings. The third-order valence-corrected chi connectivity index (χ3v) is 8.00. The first-order valence-electron chi connectivity index (χ1n) is 10.5. The van der Waals surface area contributed by atoms with Crippen LogP contribution < -0.4 is 9.62 Å². The molecule has 1 aromatic heterocycles. The van der Waals surface area contributed by atoms with E-state index >= 15 is 0 Å². The van der Waals surface area contributed by atoms with Gasteiger partial charge < -0.3 is 10.4 Å². The summed E-state index contributed by atoms with van der Waals surface area (Å²) in [4.78, 5) is 40.9. The molecule has 36 heavy (non-hydrogen) atoms. The fraction of sp³-hybridized carbons (Fsp3) is 0.0400. The molecule has 0 saturated carbocycles. The number of aromatic carboxylic acids is 1. The van der Waals surface area contributed by atoms with Gasteiger partial charge in [-0.1, -0.05) is 30.3 Å². The first-order valence-corrected chi connectivity index (χ1v) is 12.8. The van der Waals surface area contributed by atoms with E-state index in [1.807, 2.05) is 0 Å². The number of thiazole rings is 1. The lowest BCUT2D eigenvalue weighted by molar-refractivity contribution is 0.0692. The van der Waals surface area contributed by atoms with Crippen molar-refractivity contribution in [3.05, 3.63) is 107 Å².